The molecule has 0 aliphatic heterocycles. The van der Waals surface area contributed by atoms with E-state index in [1.54, 1.807) is 6.20 Å². The lowest BCUT2D eigenvalue weighted by Gasteiger charge is -2.29. The van der Waals surface area contributed by atoms with E-state index in [9.17, 15) is 9.59 Å². The standard InChI is InChI=1S/C14H19N3O3/c18-13(19)11-6-1-2-7-12(11)17-14(20)16-9-10-5-3-4-8-15-10/h3-5,8,11-12H,1-2,6-7,9H2,(H,18,19)(H2,16,17,20). The minimum Gasteiger partial charge on any atom is -0.481 e. The molecule has 2 unspecified atom stereocenters. The van der Waals surface area contributed by atoms with Crippen molar-refractivity contribution in [1.82, 2.24) is 15.6 Å². The van der Waals surface area contributed by atoms with Gasteiger partial charge in [0.25, 0.3) is 0 Å². The summed E-state index contributed by atoms with van der Waals surface area (Å²) in [4.78, 5) is 27.1. The molecule has 0 radical (unpaired) electrons. The number of nitrogens with zero attached hydrogens (tertiary/aromatic N) is 1. The fourth-order valence-corrected chi connectivity index (χ4v) is 2.49. The van der Waals surface area contributed by atoms with Gasteiger partial charge in [0.15, 0.2) is 0 Å². The van der Waals surface area contributed by atoms with Gasteiger partial charge in [0.1, 0.15) is 0 Å². The second-order valence-electron chi connectivity index (χ2n) is 4.98. The molecule has 20 heavy (non-hydrogen) atoms. The number of rotatable bonds is 4. The second kappa shape index (κ2) is 6.88. The minimum atomic E-state index is -0.834. The number of aromatic nitrogens is 1. The van der Waals surface area contributed by atoms with Crippen LogP contribution in [-0.4, -0.2) is 28.1 Å². The first-order valence-electron chi connectivity index (χ1n) is 6.84. The molecule has 6 heteroatoms. The number of carbonyl (C=O) groups is 2. The molecule has 0 saturated heterocycles. The van der Waals surface area contributed by atoms with Crippen LogP contribution in [0, 0.1) is 5.92 Å². The van der Waals surface area contributed by atoms with Crippen molar-refractivity contribution >= 4 is 12.0 Å². The molecule has 1 heterocycles. The van der Waals surface area contributed by atoms with Crippen LogP contribution in [0.5, 0.6) is 0 Å². The highest BCUT2D eigenvalue weighted by molar-refractivity contribution is 5.76. The second-order valence-corrected chi connectivity index (χ2v) is 4.98. The molecule has 1 fully saturated rings. The monoisotopic (exact) mass is 277 g/mol. The van der Waals surface area contributed by atoms with E-state index in [2.05, 4.69) is 15.6 Å². The quantitative estimate of drug-likeness (QED) is 0.778. The molecule has 1 saturated carbocycles. The Bertz CT molecular complexity index is 464. The zero-order valence-corrected chi connectivity index (χ0v) is 11.2. The van der Waals surface area contributed by atoms with Crippen LogP contribution in [0.25, 0.3) is 0 Å². The van der Waals surface area contributed by atoms with Crippen molar-refractivity contribution in [2.45, 2.75) is 38.3 Å². The van der Waals surface area contributed by atoms with Gasteiger partial charge in [0, 0.05) is 12.2 Å². The van der Waals surface area contributed by atoms with Gasteiger partial charge < -0.3 is 15.7 Å². The molecular formula is C14H19N3O3. The van der Waals surface area contributed by atoms with Crippen LogP contribution in [0.4, 0.5) is 4.79 Å². The van der Waals surface area contributed by atoms with Gasteiger partial charge in [-0.25, -0.2) is 4.79 Å². The third-order valence-corrected chi connectivity index (χ3v) is 3.56. The molecule has 1 aliphatic carbocycles. The number of carboxylic acid groups (broad SMARTS) is 1. The SMILES string of the molecule is O=C(NCc1ccccn1)NC1CCCCC1C(=O)O. The Hall–Kier alpha value is -2.11. The molecule has 3 N–H and O–H groups in total. The van der Waals surface area contributed by atoms with Gasteiger partial charge in [0.05, 0.1) is 18.2 Å². The molecule has 2 atom stereocenters. The van der Waals surface area contributed by atoms with Gasteiger partial charge in [-0.15, -0.1) is 0 Å². The van der Waals surface area contributed by atoms with Crippen molar-refractivity contribution < 1.29 is 14.7 Å². The molecule has 0 spiro atoms. The molecule has 2 rings (SSSR count). The topological polar surface area (TPSA) is 91.3 Å². The number of amides is 2. The Balaban J connectivity index is 1.82. The lowest BCUT2D eigenvalue weighted by molar-refractivity contribution is -0.143. The van der Waals surface area contributed by atoms with Crippen LogP contribution in [0.1, 0.15) is 31.4 Å². The Labute approximate surface area is 117 Å². The van der Waals surface area contributed by atoms with Gasteiger partial charge in [-0.2, -0.15) is 0 Å². The number of carbonyl (C=O) groups excluding carboxylic acids is 1. The predicted molar refractivity (Wildman–Crippen MR) is 73.0 cm³/mol. The predicted octanol–water partition coefficient (Wildman–Crippen LogP) is 1.52. The van der Waals surface area contributed by atoms with E-state index in [1.807, 2.05) is 18.2 Å². The van der Waals surface area contributed by atoms with Crippen molar-refractivity contribution in [3.8, 4) is 0 Å². The van der Waals surface area contributed by atoms with E-state index in [-0.39, 0.29) is 12.1 Å². The van der Waals surface area contributed by atoms with E-state index in [1.165, 1.54) is 0 Å². The Morgan fingerprint density at radius 3 is 2.80 bits per heavy atom. The van der Waals surface area contributed by atoms with E-state index in [0.29, 0.717) is 19.4 Å². The average Bonchev–Trinajstić information content (AvgIpc) is 2.46. The molecule has 6 nitrogen and oxygen atoms in total. The summed E-state index contributed by atoms with van der Waals surface area (Å²) in [6.45, 7) is 0.330. The maximum Gasteiger partial charge on any atom is 0.315 e. The fraction of sp³-hybridized carbons (Fsp3) is 0.500. The first kappa shape index (κ1) is 14.3. The summed E-state index contributed by atoms with van der Waals surface area (Å²) in [7, 11) is 0. The van der Waals surface area contributed by atoms with E-state index in [0.717, 1.165) is 18.5 Å². The molecular weight excluding hydrogens is 258 g/mol. The third-order valence-electron chi connectivity index (χ3n) is 3.56. The summed E-state index contributed by atoms with van der Waals surface area (Å²) in [6, 6.07) is 4.85. The van der Waals surface area contributed by atoms with Gasteiger partial charge in [-0.05, 0) is 25.0 Å². The number of pyridine rings is 1. The van der Waals surface area contributed by atoms with E-state index >= 15 is 0 Å². The first-order chi connectivity index (χ1) is 9.66. The molecule has 1 aromatic rings. The maximum atomic E-state index is 11.8. The number of aliphatic carboxylic acids is 1. The zero-order valence-electron chi connectivity index (χ0n) is 11.2. The molecule has 1 aliphatic rings. The van der Waals surface area contributed by atoms with E-state index in [4.69, 9.17) is 5.11 Å². The summed E-state index contributed by atoms with van der Waals surface area (Å²) in [5, 5.41) is 14.6. The van der Waals surface area contributed by atoms with Crippen LogP contribution in [0.2, 0.25) is 0 Å². The highest BCUT2D eigenvalue weighted by Crippen LogP contribution is 2.24. The Morgan fingerprint density at radius 2 is 2.10 bits per heavy atom. The highest BCUT2D eigenvalue weighted by Gasteiger charge is 2.31. The maximum absolute atomic E-state index is 11.8. The first-order valence-corrected chi connectivity index (χ1v) is 6.84. The van der Waals surface area contributed by atoms with Gasteiger partial charge in [-0.3, -0.25) is 9.78 Å². The van der Waals surface area contributed by atoms with Gasteiger partial charge in [0.2, 0.25) is 0 Å². The number of nitrogens with one attached hydrogen (secondary N) is 2. The molecule has 108 valence electrons. The molecule has 0 aromatic carbocycles. The number of urea groups is 1. The summed E-state index contributed by atoms with van der Waals surface area (Å²) in [5.41, 5.74) is 0.765. The summed E-state index contributed by atoms with van der Waals surface area (Å²) in [5.74, 6) is -1.32. The zero-order chi connectivity index (χ0) is 14.4. The summed E-state index contributed by atoms with van der Waals surface area (Å²) < 4.78 is 0. The van der Waals surface area contributed by atoms with Crippen molar-refractivity contribution in [1.29, 1.82) is 0 Å². The normalized spacial score (nSPS) is 22.0. The number of carboxylic acids is 1. The van der Waals surface area contributed by atoms with Crippen LogP contribution < -0.4 is 10.6 Å². The molecule has 2 amide bonds. The van der Waals surface area contributed by atoms with Crippen LogP contribution >= 0.6 is 0 Å². The van der Waals surface area contributed by atoms with Crippen LogP contribution in [0.3, 0.4) is 0 Å². The lowest BCUT2D eigenvalue weighted by atomic mass is 9.84. The molecule has 1 aromatic heterocycles. The fourth-order valence-electron chi connectivity index (χ4n) is 2.49. The number of hydrogen-bond acceptors (Lipinski definition) is 3. The van der Waals surface area contributed by atoms with Crippen molar-refractivity contribution in [2.24, 2.45) is 5.92 Å². The van der Waals surface area contributed by atoms with Crippen LogP contribution in [-0.2, 0) is 11.3 Å². The van der Waals surface area contributed by atoms with Gasteiger partial charge >= 0.3 is 12.0 Å². The van der Waals surface area contributed by atoms with Crippen molar-refractivity contribution in [3.05, 3.63) is 30.1 Å². The van der Waals surface area contributed by atoms with E-state index < -0.39 is 11.9 Å². The summed E-state index contributed by atoms with van der Waals surface area (Å²) in [6.07, 6.45) is 4.87. The van der Waals surface area contributed by atoms with Gasteiger partial charge in [-0.1, -0.05) is 18.9 Å². The number of hydrogen-bond donors (Lipinski definition) is 3. The lowest BCUT2D eigenvalue weighted by Crippen LogP contribution is -2.48. The smallest absolute Gasteiger partial charge is 0.315 e. The summed E-state index contributed by atoms with van der Waals surface area (Å²) >= 11 is 0. The highest BCUT2D eigenvalue weighted by atomic mass is 16.4. The minimum absolute atomic E-state index is 0.287. The Morgan fingerprint density at radius 1 is 1.30 bits per heavy atom. The van der Waals surface area contributed by atoms with Crippen molar-refractivity contribution in [2.75, 3.05) is 0 Å². The van der Waals surface area contributed by atoms with Crippen molar-refractivity contribution in [3.63, 3.8) is 0 Å². The van der Waals surface area contributed by atoms with Crippen LogP contribution in [0.15, 0.2) is 24.4 Å². The Kier molecular flexibility index (Phi) is 4.92. The largest absolute Gasteiger partial charge is 0.481 e. The third kappa shape index (κ3) is 3.94. The molecule has 0 bridgehead atoms. The average molecular weight is 277 g/mol.